The molecule has 1 heterocycles. The number of aromatic nitrogens is 1. The molecular weight excluding hydrogens is 286 g/mol. The minimum absolute atomic E-state index is 0.00248. The fourth-order valence-corrected chi connectivity index (χ4v) is 2.04. The number of rotatable bonds is 5. The van der Waals surface area contributed by atoms with Crippen molar-refractivity contribution in [1.82, 2.24) is 10.1 Å². The fourth-order valence-electron chi connectivity index (χ4n) is 2.04. The molecule has 116 valence electrons. The molecule has 2 amide bonds. The van der Waals surface area contributed by atoms with E-state index in [4.69, 9.17) is 10.3 Å². The van der Waals surface area contributed by atoms with Gasteiger partial charge < -0.3 is 20.3 Å². The zero-order valence-corrected chi connectivity index (χ0v) is 12.4. The number of aromatic hydroxyl groups is 1. The van der Waals surface area contributed by atoms with Crippen LogP contribution in [0.1, 0.15) is 34.2 Å². The molecule has 0 aliphatic rings. The number of nitrogens with two attached hydrogens (primary N) is 1. The zero-order valence-electron chi connectivity index (χ0n) is 12.4. The van der Waals surface area contributed by atoms with Gasteiger partial charge in [-0.05, 0) is 18.6 Å². The van der Waals surface area contributed by atoms with Crippen LogP contribution in [0.5, 0.6) is 5.75 Å². The van der Waals surface area contributed by atoms with Crippen LogP contribution in [-0.2, 0) is 0 Å². The molecule has 2 rings (SSSR count). The number of carbonyl (C=O) groups excluding carboxylic acids is 2. The van der Waals surface area contributed by atoms with Crippen molar-refractivity contribution in [2.45, 2.75) is 13.3 Å². The van der Waals surface area contributed by atoms with E-state index >= 15 is 0 Å². The molecule has 1 aromatic heterocycles. The van der Waals surface area contributed by atoms with E-state index in [1.54, 1.807) is 13.1 Å². The molecule has 22 heavy (non-hydrogen) atoms. The second-order valence-corrected chi connectivity index (χ2v) is 4.90. The van der Waals surface area contributed by atoms with Crippen LogP contribution < -0.4 is 5.73 Å². The molecule has 0 saturated heterocycles. The molecule has 1 aromatic carbocycles. The Kier molecular flexibility index (Phi) is 4.45. The highest BCUT2D eigenvalue weighted by Crippen LogP contribution is 2.27. The summed E-state index contributed by atoms with van der Waals surface area (Å²) in [4.78, 5) is 24.7. The monoisotopic (exact) mass is 303 g/mol. The molecule has 0 spiro atoms. The Bertz CT molecular complexity index is 709. The summed E-state index contributed by atoms with van der Waals surface area (Å²) in [6, 6.07) is 5.88. The lowest BCUT2D eigenvalue weighted by atomic mass is 10.1. The van der Waals surface area contributed by atoms with Gasteiger partial charge in [-0.25, -0.2) is 0 Å². The molecule has 3 N–H and O–H groups in total. The average molecular weight is 303 g/mol. The number of hydrogen-bond acceptors (Lipinski definition) is 5. The molecular formula is C15H17N3O4. The predicted octanol–water partition coefficient (Wildman–Crippen LogP) is 1.63. The molecule has 0 saturated carbocycles. The third-order valence-corrected chi connectivity index (χ3v) is 3.18. The highest BCUT2D eigenvalue weighted by molar-refractivity contribution is 5.97. The molecule has 0 aliphatic carbocycles. The smallest absolute Gasteiger partial charge is 0.270 e. The summed E-state index contributed by atoms with van der Waals surface area (Å²) in [5.74, 6) is -0.846. The van der Waals surface area contributed by atoms with Crippen LogP contribution in [0.15, 0.2) is 28.8 Å². The largest absolute Gasteiger partial charge is 0.507 e. The van der Waals surface area contributed by atoms with Gasteiger partial charge in [0.25, 0.3) is 11.8 Å². The summed E-state index contributed by atoms with van der Waals surface area (Å²) in [5.41, 5.74) is 5.79. The lowest BCUT2D eigenvalue weighted by Crippen LogP contribution is -2.27. The molecule has 0 aliphatic heterocycles. The van der Waals surface area contributed by atoms with Gasteiger partial charge in [0.05, 0.1) is 5.56 Å². The van der Waals surface area contributed by atoms with Gasteiger partial charge in [0.1, 0.15) is 5.75 Å². The van der Waals surface area contributed by atoms with E-state index in [2.05, 4.69) is 5.16 Å². The van der Waals surface area contributed by atoms with Crippen LogP contribution in [0.4, 0.5) is 0 Å². The first-order valence-electron chi connectivity index (χ1n) is 6.79. The Morgan fingerprint density at radius 2 is 2.09 bits per heavy atom. The van der Waals surface area contributed by atoms with Crippen molar-refractivity contribution < 1.29 is 19.2 Å². The number of primary amides is 1. The van der Waals surface area contributed by atoms with E-state index in [0.717, 1.165) is 6.42 Å². The summed E-state index contributed by atoms with van der Waals surface area (Å²) in [6.45, 7) is 2.57. The van der Waals surface area contributed by atoms with E-state index in [0.29, 0.717) is 12.1 Å². The first-order valence-corrected chi connectivity index (χ1v) is 6.79. The molecule has 0 bridgehead atoms. The molecule has 2 aromatic rings. The molecule has 7 nitrogen and oxygen atoms in total. The number of phenolic OH excluding ortho intramolecular Hbond substituents is 1. The first-order chi connectivity index (χ1) is 10.4. The first kappa shape index (κ1) is 15.6. The zero-order chi connectivity index (χ0) is 16.3. The second kappa shape index (κ2) is 6.30. The van der Waals surface area contributed by atoms with Crippen molar-refractivity contribution in [3.63, 3.8) is 0 Å². The van der Waals surface area contributed by atoms with Crippen LogP contribution in [0, 0.1) is 0 Å². The maximum Gasteiger partial charge on any atom is 0.270 e. The van der Waals surface area contributed by atoms with E-state index in [-0.39, 0.29) is 28.7 Å². The topological polar surface area (TPSA) is 110 Å². The van der Waals surface area contributed by atoms with Crippen LogP contribution in [0.25, 0.3) is 11.3 Å². The van der Waals surface area contributed by atoms with Gasteiger partial charge in [-0.15, -0.1) is 0 Å². The highest BCUT2D eigenvalue weighted by atomic mass is 16.5. The summed E-state index contributed by atoms with van der Waals surface area (Å²) >= 11 is 0. The number of hydrogen-bond donors (Lipinski definition) is 2. The van der Waals surface area contributed by atoms with Gasteiger partial charge in [-0.1, -0.05) is 18.1 Å². The van der Waals surface area contributed by atoms with Crippen LogP contribution in [0.2, 0.25) is 0 Å². The maximum atomic E-state index is 12.2. The number of amides is 2. The Balaban J connectivity index is 2.29. The minimum Gasteiger partial charge on any atom is -0.507 e. The number of phenols is 1. The molecule has 0 fully saturated rings. The Hall–Kier alpha value is -2.83. The van der Waals surface area contributed by atoms with Crippen molar-refractivity contribution in [3.05, 3.63) is 35.5 Å². The predicted molar refractivity (Wildman–Crippen MR) is 79.4 cm³/mol. The van der Waals surface area contributed by atoms with Gasteiger partial charge in [0, 0.05) is 25.2 Å². The fraction of sp³-hybridized carbons (Fsp3) is 0.267. The highest BCUT2D eigenvalue weighted by Gasteiger charge is 2.17. The van der Waals surface area contributed by atoms with Gasteiger partial charge in [-0.3, -0.25) is 9.59 Å². The third kappa shape index (κ3) is 3.08. The summed E-state index contributed by atoms with van der Waals surface area (Å²) in [6.07, 6.45) is 0.828. The summed E-state index contributed by atoms with van der Waals surface area (Å²) in [5, 5.41) is 13.6. The van der Waals surface area contributed by atoms with Gasteiger partial charge >= 0.3 is 0 Å². The van der Waals surface area contributed by atoms with E-state index < -0.39 is 5.91 Å². The van der Waals surface area contributed by atoms with Crippen LogP contribution in [0.3, 0.4) is 0 Å². The Labute approximate surface area is 127 Å². The lowest BCUT2D eigenvalue weighted by molar-refractivity contribution is 0.0792. The lowest BCUT2D eigenvalue weighted by Gasteiger charge is -2.16. The summed E-state index contributed by atoms with van der Waals surface area (Å²) in [7, 11) is 1.68. The van der Waals surface area contributed by atoms with Crippen LogP contribution in [-0.4, -0.2) is 40.6 Å². The molecule has 0 radical (unpaired) electrons. The van der Waals surface area contributed by atoms with Gasteiger partial charge in [0.15, 0.2) is 11.5 Å². The Morgan fingerprint density at radius 3 is 2.64 bits per heavy atom. The van der Waals surface area contributed by atoms with E-state index in [1.807, 2.05) is 6.92 Å². The number of benzene rings is 1. The van der Waals surface area contributed by atoms with E-state index in [1.165, 1.54) is 23.1 Å². The SMILES string of the molecule is CCCN(C)C(=O)c1ccc(-c2cc(C(N)=O)no2)cc1O. The third-order valence-electron chi connectivity index (χ3n) is 3.18. The van der Waals surface area contributed by atoms with Crippen molar-refractivity contribution in [3.8, 4) is 17.1 Å². The number of carbonyl (C=O) groups is 2. The van der Waals surface area contributed by atoms with Crippen molar-refractivity contribution in [2.24, 2.45) is 5.73 Å². The summed E-state index contributed by atoms with van der Waals surface area (Å²) < 4.78 is 5.00. The standard InChI is InChI=1S/C15H17N3O4/c1-3-6-18(2)15(21)10-5-4-9(7-12(10)19)13-8-11(14(16)20)17-22-13/h4-5,7-8,19H,3,6H2,1-2H3,(H2,16,20). The van der Waals surface area contributed by atoms with Gasteiger partial charge in [-0.2, -0.15) is 0 Å². The minimum atomic E-state index is -0.702. The number of nitrogens with zero attached hydrogens (tertiary/aromatic N) is 2. The van der Waals surface area contributed by atoms with E-state index in [9.17, 15) is 14.7 Å². The molecule has 0 atom stereocenters. The Morgan fingerprint density at radius 1 is 1.36 bits per heavy atom. The second-order valence-electron chi connectivity index (χ2n) is 4.90. The molecule has 0 unspecified atom stereocenters. The van der Waals surface area contributed by atoms with Crippen molar-refractivity contribution >= 4 is 11.8 Å². The van der Waals surface area contributed by atoms with Gasteiger partial charge in [0.2, 0.25) is 0 Å². The van der Waals surface area contributed by atoms with Crippen molar-refractivity contribution in [1.29, 1.82) is 0 Å². The molecule has 7 heteroatoms. The normalized spacial score (nSPS) is 10.5. The van der Waals surface area contributed by atoms with Crippen molar-refractivity contribution in [2.75, 3.05) is 13.6 Å². The maximum absolute atomic E-state index is 12.2. The quantitative estimate of drug-likeness (QED) is 0.872. The average Bonchev–Trinajstić information content (AvgIpc) is 2.96. The van der Waals surface area contributed by atoms with Crippen LogP contribution >= 0.6 is 0 Å².